The average molecular weight is 407 g/mol. The summed E-state index contributed by atoms with van der Waals surface area (Å²) in [5.74, 6) is 0.230. The normalized spacial score (nSPS) is 12.3. The molecule has 7 nitrogen and oxygen atoms in total. The van der Waals surface area contributed by atoms with E-state index in [1.54, 1.807) is 19.1 Å². The van der Waals surface area contributed by atoms with Gasteiger partial charge in [0.25, 0.3) is 0 Å². The van der Waals surface area contributed by atoms with Crippen molar-refractivity contribution in [2.24, 2.45) is 0 Å². The van der Waals surface area contributed by atoms with Crippen LogP contribution in [0.25, 0.3) is 0 Å². The van der Waals surface area contributed by atoms with E-state index in [-0.39, 0.29) is 17.9 Å². The van der Waals surface area contributed by atoms with Crippen molar-refractivity contribution in [3.05, 3.63) is 53.6 Å². The molecule has 2 aromatic rings. The van der Waals surface area contributed by atoms with E-state index in [4.69, 9.17) is 14.2 Å². The van der Waals surface area contributed by atoms with E-state index in [1.165, 1.54) is 32.4 Å². The minimum atomic E-state index is -3.93. The van der Waals surface area contributed by atoms with Gasteiger partial charge in [0.15, 0.2) is 11.5 Å². The predicted octanol–water partition coefficient (Wildman–Crippen LogP) is 2.99. The van der Waals surface area contributed by atoms with Crippen LogP contribution in [0.1, 0.15) is 30.5 Å². The Morgan fingerprint density at radius 1 is 1.04 bits per heavy atom. The largest absolute Gasteiger partial charge is 0.493 e. The summed E-state index contributed by atoms with van der Waals surface area (Å²) < 4.78 is 43.8. The summed E-state index contributed by atoms with van der Waals surface area (Å²) in [5, 5.41) is 0. The van der Waals surface area contributed by atoms with Crippen molar-refractivity contribution in [3.8, 4) is 11.5 Å². The third-order valence-corrected chi connectivity index (χ3v) is 5.59. The van der Waals surface area contributed by atoms with Gasteiger partial charge in [-0.3, -0.25) is 4.79 Å². The van der Waals surface area contributed by atoms with Crippen molar-refractivity contribution in [1.29, 1.82) is 0 Å². The molecule has 0 radical (unpaired) electrons. The van der Waals surface area contributed by atoms with Crippen molar-refractivity contribution < 1.29 is 27.4 Å². The number of methoxy groups -OCH3 is 2. The highest BCUT2D eigenvalue weighted by Gasteiger charge is 2.25. The van der Waals surface area contributed by atoms with Crippen molar-refractivity contribution in [2.45, 2.75) is 31.2 Å². The number of hydrogen-bond acceptors (Lipinski definition) is 6. The monoisotopic (exact) mass is 407 g/mol. The van der Waals surface area contributed by atoms with E-state index in [2.05, 4.69) is 4.72 Å². The lowest BCUT2D eigenvalue weighted by Crippen LogP contribution is -2.30. The molecular formula is C20H25NO6S. The van der Waals surface area contributed by atoms with E-state index in [9.17, 15) is 13.2 Å². The van der Waals surface area contributed by atoms with Crippen LogP contribution in [-0.4, -0.2) is 35.2 Å². The third-order valence-electron chi connectivity index (χ3n) is 4.12. The zero-order chi connectivity index (χ0) is 20.7. The lowest BCUT2D eigenvalue weighted by atomic mass is 10.0. The van der Waals surface area contributed by atoms with Crippen LogP contribution in [0.5, 0.6) is 11.5 Å². The fourth-order valence-corrected chi connectivity index (χ4v) is 3.89. The van der Waals surface area contributed by atoms with Crippen LogP contribution in [0.3, 0.4) is 0 Å². The Bertz CT molecular complexity index is 909. The SMILES string of the molecule is CCOC(=O)C[C@H](NS(=O)(=O)c1ccc(OC)c(OC)c1)c1ccc(C)cc1. The quantitative estimate of drug-likeness (QED) is 0.643. The van der Waals surface area contributed by atoms with Gasteiger partial charge in [0.05, 0.1) is 38.2 Å². The molecule has 0 aromatic heterocycles. The summed E-state index contributed by atoms with van der Waals surface area (Å²) in [6, 6.07) is 10.8. The molecule has 0 heterocycles. The highest BCUT2D eigenvalue weighted by Crippen LogP contribution is 2.30. The second-order valence-corrected chi connectivity index (χ2v) is 7.82. The number of nitrogens with one attached hydrogen (secondary N) is 1. The maximum atomic E-state index is 12.9. The molecular weight excluding hydrogens is 382 g/mol. The molecule has 8 heteroatoms. The van der Waals surface area contributed by atoms with Gasteiger partial charge in [0.1, 0.15) is 0 Å². The molecule has 28 heavy (non-hydrogen) atoms. The van der Waals surface area contributed by atoms with E-state index in [1.807, 2.05) is 19.1 Å². The lowest BCUT2D eigenvalue weighted by molar-refractivity contribution is -0.143. The van der Waals surface area contributed by atoms with Gasteiger partial charge >= 0.3 is 5.97 Å². The summed E-state index contributed by atoms with van der Waals surface area (Å²) in [7, 11) is -1.03. The molecule has 0 fully saturated rings. The standard InChI is InChI=1S/C20H25NO6S/c1-5-27-20(22)13-17(15-8-6-14(2)7-9-15)21-28(23,24)16-10-11-18(25-3)19(12-16)26-4/h6-12,17,21H,5,13H2,1-4H3/t17-/m0/s1. The zero-order valence-electron chi connectivity index (χ0n) is 16.4. The molecule has 152 valence electrons. The predicted molar refractivity (Wildman–Crippen MR) is 105 cm³/mol. The van der Waals surface area contributed by atoms with Crippen LogP contribution in [0.2, 0.25) is 0 Å². The molecule has 0 unspecified atom stereocenters. The molecule has 2 rings (SSSR count). The fourth-order valence-electron chi connectivity index (χ4n) is 2.65. The van der Waals surface area contributed by atoms with Crippen molar-refractivity contribution >= 4 is 16.0 Å². The number of benzene rings is 2. The topological polar surface area (TPSA) is 90.9 Å². The van der Waals surface area contributed by atoms with Gasteiger partial charge in [-0.1, -0.05) is 29.8 Å². The second-order valence-electron chi connectivity index (χ2n) is 6.11. The molecule has 1 atom stereocenters. The molecule has 0 amide bonds. The first-order chi connectivity index (χ1) is 13.3. The number of rotatable bonds is 9. The number of aryl methyl sites for hydroxylation is 1. The Labute approximate surface area is 165 Å². The molecule has 0 saturated carbocycles. The number of sulfonamides is 1. The van der Waals surface area contributed by atoms with Crippen LogP contribution in [0, 0.1) is 6.92 Å². The van der Waals surface area contributed by atoms with Crippen LogP contribution in [0.15, 0.2) is 47.4 Å². The summed E-state index contributed by atoms with van der Waals surface area (Å²) in [6.07, 6.45) is -0.122. The smallest absolute Gasteiger partial charge is 0.307 e. The first-order valence-electron chi connectivity index (χ1n) is 8.77. The van der Waals surface area contributed by atoms with Gasteiger partial charge in [0, 0.05) is 6.07 Å². The summed E-state index contributed by atoms with van der Waals surface area (Å²) in [6.45, 7) is 3.85. The Kier molecular flexibility index (Phi) is 7.42. The van der Waals surface area contributed by atoms with Crippen LogP contribution in [0.4, 0.5) is 0 Å². The molecule has 0 aliphatic heterocycles. The Balaban J connectivity index is 2.35. The molecule has 2 aromatic carbocycles. The lowest BCUT2D eigenvalue weighted by Gasteiger charge is -2.19. The van der Waals surface area contributed by atoms with Gasteiger partial charge in [0.2, 0.25) is 10.0 Å². The molecule has 0 saturated heterocycles. The van der Waals surface area contributed by atoms with Crippen molar-refractivity contribution in [3.63, 3.8) is 0 Å². The van der Waals surface area contributed by atoms with E-state index in [0.717, 1.165) is 5.56 Å². The minimum absolute atomic E-state index is 0.00567. The second kappa shape index (κ2) is 9.57. The molecule has 0 spiro atoms. The van der Waals surface area contributed by atoms with Gasteiger partial charge in [-0.2, -0.15) is 0 Å². The first-order valence-corrected chi connectivity index (χ1v) is 10.3. The molecule has 0 bridgehead atoms. The summed E-state index contributed by atoms with van der Waals surface area (Å²) in [4.78, 5) is 12.0. The maximum Gasteiger partial charge on any atom is 0.307 e. The Hall–Kier alpha value is -2.58. The van der Waals surface area contributed by atoms with E-state index < -0.39 is 22.0 Å². The van der Waals surface area contributed by atoms with Gasteiger partial charge < -0.3 is 14.2 Å². The summed E-state index contributed by atoms with van der Waals surface area (Å²) >= 11 is 0. The van der Waals surface area contributed by atoms with E-state index in [0.29, 0.717) is 17.1 Å². The number of carbonyl (C=O) groups excluding carboxylic acids is 1. The number of ether oxygens (including phenoxy) is 3. The van der Waals surface area contributed by atoms with Crippen molar-refractivity contribution in [2.75, 3.05) is 20.8 Å². The minimum Gasteiger partial charge on any atom is -0.493 e. The number of esters is 1. The number of carbonyl (C=O) groups is 1. The summed E-state index contributed by atoms with van der Waals surface area (Å²) in [5.41, 5.74) is 1.70. The van der Waals surface area contributed by atoms with Crippen LogP contribution >= 0.6 is 0 Å². The van der Waals surface area contributed by atoms with Gasteiger partial charge in [-0.15, -0.1) is 0 Å². The maximum absolute atomic E-state index is 12.9. The highest BCUT2D eigenvalue weighted by molar-refractivity contribution is 7.89. The Morgan fingerprint density at radius 2 is 1.68 bits per heavy atom. The zero-order valence-corrected chi connectivity index (χ0v) is 17.2. The fraction of sp³-hybridized carbons (Fsp3) is 0.350. The van der Waals surface area contributed by atoms with Crippen LogP contribution < -0.4 is 14.2 Å². The number of hydrogen-bond donors (Lipinski definition) is 1. The van der Waals surface area contributed by atoms with Crippen LogP contribution in [-0.2, 0) is 19.6 Å². The van der Waals surface area contributed by atoms with Gasteiger partial charge in [-0.05, 0) is 31.5 Å². The molecule has 1 N–H and O–H groups in total. The van der Waals surface area contributed by atoms with Crippen molar-refractivity contribution in [1.82, 2.24) is 4.72 Å². The Morgan fingerprint density at radius 3 is 2.25 bits per heavy atom. The average Bonchev–Trinajstić information content (AvgIpc) is 2.67. The molecule has 0 aliphatic carbocycles. The third kappa shape index (κ3) is 5.46. The molecule has 0 aliphatic rings. The highest BCUT2D eigenvalue weighted by atomic mass is 32.2. The van der Waals surface area contributed by atoms with E-state index >= 15 is 0 Å². The first kappa shape index (κ1) is 21.7. The van der Waals surface area contributed by atoms with Gasteiger partial charge in [-0.25, -0.2) is 13.1 Å².